The molecule has 0 heterocycles. The Hall–Kier alpha value is -4.72. The summed E-state index contributed by atoms with van der Waals surface area (Å²) in [5.74, 6) is 0. The summed E-state index contributed by atoms with van der Waals surface area (Å²) in [4.78, 5) is 4.08. The van der Waals surface area contributed by atoms with Gasteiger partial charge in [-0.1, -0.05) is 0 Å². The topological polar surface area (TPSA) is 80.6 Å². The minimum Gasteiger partial charge on any atom is -0.378 e. The van der Waals surface area contributed by atoms with Crippen molar-refractivity contribution >= 4 is 45.5 Å². The summed E-state index contributed by atoms with van der Waals surface area (Å²) in [5, 5.41) is 25.7. The minimum absolute atomic E-state index is 0.731. The lowest BCUT2D eigenvalue weighted by Gasteiger charge is -2.11. The van der Waals surface area contributed by atoms with Gasteiger partial charge >= 0.3 is 0 Å². The quantitative estimate of drug-likeness (QED) is 0.238. The van der Waals surface area contributed by atoms with Gasteiger partial charge in [-0.25, -0.2) is 0 Å². The molecule has 0 aliphatic carbocycles. The molecule has 0 unspecified atom stereocenters. The van der Waals surface area contributed by atoms with Crippen LogP contribution in [-0.4, -0.2) is 28.2 Å². The lowest BCUT2D eigenvalue weighted by Crippen LogP contribution is -2.07. The molecule has 8 heteroatoms. The fraction of sp³-hybridized carbons (Fsp3) is 0.143. The second kappa shape index (κ2) is 11.6. The standard InChI is InChI=1S/C28H28N8/c1-35(2)27-17-13-25(14-18-27)33-31-23-9-5-21(6-10-23)29-30-22-7-11-24(12-8-22)32-34-26-15-19-28(20-16-26)36(3)4/h5-20H,1-4H3/b30-29+,33-31?,34-32?. The van der Waals surface area contributed by atoms with E-state index in [0.29, 0.717) is 0 Å². The zero-order valence-corrected chi connectivity index (χ0v) is 20.8. The van der Waals surface area contributed by atoms with Crippen LogP contribution in [0, 0.1) is 0 Å². The average molecular weight is 477 g/mol. The summed E-state index contributed by atoms with van der Waals surface area (Å²) >= 11 is 0. The van der Waals surface area contributed by atoms with Crippen molar-refractivity contribution in [3.05, 3.63) is 97.1 Å². The third kappa shape index (κ3) is 6.89. The molecule has 0 bridgehead atoms. The highest BCUT2D eigenvalue weighted by atomic mass is 15.1. The summed E-state index contributed by atoms with van der Waals surface area (Å²) in [7, 11) is 8.02. The number of rotatable bonds is 8. The van der Waals surface area contributed by atoms with Crippen molar-refractivity contribution in [3.8, 4) is 0 Å². The van der Waals surface area contributed by atoms with Gasteiger partial charge in [0, 0.05) is 39.6 Å². The third-order valence-electron chi connectivity index (χ3n) is 5.27. The van der Waals surface area contributed by atoms with Crippen molar-refractivity contribution in [2.75, 3.05) is 38.0 Å². The molecule has 4 aromatic carbocycles. The maximum atomic E-state index is 4.30. The minimum atomic E-state index is 0.731. The first-order valence-electron chi connectivity index (χ1n) is 11.5. The van der Waals surface area contributed by atoms with Crippen LogP contribution < -0.4 is 9.80 Å². The van der Waals surface area contributed by atoms with Gasteiger partial charge in [0.05, 0.1) is 34.1 Å². The van der Waals surface area contributed by atoms with E-state index in [2.05, 4.69) is 30.7 Å². The van der Waals surface area contributed by atoms with Crippen LogP contribution in [0.5, 0.6) is 0 Å². The summed E-state index contributed by atoms with van der Waals surface area (Å²) in [6.45, 7) is 0. The molecule has 0 spiro atoms. The van der Waals surface area contributed by atoms with E-state index in [9.17, 15) is 0 Å². The van der Waals surface area contributed by atoms with Crippen molar-refractivity contribution in [1.82, 2.24) is 0 Å². The zero-order valence-electron chi connectivity index (χ0n) is 20.8. The SMILES string of the molecule is CN(C)c1ccc(N=Nc2ccc(/N=N/c3ccc(N=Nc4ccc(N(C)C)cc4)cc3)cc2)cc1. The van der Waals surface area contributed by atoms with Crippen LogP contribution in [0.4, 0.5) is 45.5 Å². The van der Waals surface area contributed by atoms with E-state index in [1.54, 1.807) is 0 Å². The van der Waals surface area contributed by atoms with Crippen LogP contribution in [-0.2, 0) is 0 Å². The fourth-order valence-corrected chi connectivity index (χ4v) is 3.15. The molecule has 4 aromatic rings. The van der Waals surface area contributed by atoms with Gasteiger partial charge in [0.15, 0.2) is 0 Å². The average Bonchev–Trinajstić information content (AvgIpc) is 2.91. The van der Waals surface area contributed by atoms with Crippen LogP contribution in [0.15, 0.2) is 128 Å². The van der Waals surface area contributed by atoms with Gasteiger partial charge in [-0.05, 0) is 97.1 Å². The molecule has 0 saturated carbocycles. The van der Waals surface area contributed by atoms with Crippen LogP contribution in [0.25, 0.3) is 0 Å². The second-order valence-corrected chi connectivity index (χ2v) is 8.45. The maximum Gasteiger partial charge on any atom is 0.0858 e. The predicted molar refractivity (Wildman–Crippen MR) is 147 cm³/mol. The molecule has 180 valence electrons. The van der Waals surface area contributed by atoms with Gasteiger partial charge in [0.25, 0.3) is 0 Å². The molecule has 0 radical (unpaired) electrons. The van der Waals surface area contributed by atoms with Crippen LogP contribution in [0.2, 0.25) is 0 Å². The molecule has 4 rings (SSSR count). The zero-order chi connectivity index (χ0) is 25.3. The highest BCUT2D eigenvalue weighted by Gasteiger charge is 1.98. The maximum absolute atomic E-state index is 4.30. The Morgan fingerprint density at radius 2 is 0.472 bits per heavy atom. The normalized spacial score (nSPS) is 11.6. The summed E-state index contributed by atoms with van der Waals surface area (Å²) < 4.78 is 0. The van der Waals surface area contributed by atoms with Crippen LogP contribution >= 0.6 is 0 Å². The largest absolute Gasteiger partial charge is 0.378 e. The molecular formula is C28H28N8. The molecule has 0 saturated heterocycles. The Bertz CT molecular complexity index is 1230. The molecule has 8 nitrogen and oxygen atoms in total. The monoisotopic (exact) mass is 476 g/mol. The van der Waals surface area contributed by atoms with E-state index in [-0.39, 0.29) is 0 Å². The van der Waals surface area contributed by atoms with E-state index in [0.717, 1.165) is 45.5 Å². The predicted octanol–water partition coefficient (Wildman–Crippen LogP) is 9.06. The van der Waals surface area contributed by atoms with Gasteiger partial charge in [-0.15, -0.1) is 0 Å². The highest BCUT2D eigenvalue weighted by molar-refractivity contribution is 5.54. The molecule has 0 N–H and O–H groups in total. The lowest BCUT2D eigenvalue weighted by molar-refractivity contribution is 1.13. The molecule has 0 aliphatic heterocycles. The number of hydrogen-bond donors (Lipinski definition) is 0. The van der Waals surface area contributed by atoms with Gasteiger partial charge in [0.1, 0.15) is 0 Å². The van der Waals surface area contributed by atoms with Gasteiger partial charge < -0.3 is 9.80 Å². The molecule has 0 aromatic heterocycles. The number of anilines is 2. The Labute approximate surface area is 211 Å². The number of azo groups is 3. The van der Waals surface area contributed by atoms with E-state index < -0.39 is 0 Å². The fourth-order valence-electron chi connectivity index (χ4n) is 3.15. The van der Waals surface area contributed by atoms with Gasteiger partial charge in [-0.2, -0.15) is 30.7 Å². The summed E-state index contributed by atoms with van der Waals surface area (Å²) in [6, 6.07) is 30.7. The molecular weight excluding hydrogens is 448 g/mol. The first-order valence-corrected chi connectivity index (χ1v) is 11.5. The van der Waals surface area contributed by atoms with Crippen molar-refractivity contribution < 1.29 is 0 Å². The van der Waals surface area contributed by atoms with Crippen molar-refractivity contribution in [2.45, 2.75) is 0 Å². The first kappa shape index (κ1) is 24.4. The van der Waals surface area contributed by atoms with E-state index in [4.69, 9.17) is 0 Å². The lowest BCUT2D eigenvalue weighted by atomic mass is 10.3. The van der Waals surface area contributed by atoms with Crippen molar-refractivity contribution in [2.24, 2.45) is 30.7 Å². The van der Waals surface area contributed by atoms with Gasteiger partial charge in [0.2, 0.25) is 0 Å². The Morgan fingerprint density at radius 3 is 0.639 bits per heavy atom. The van der Waals surface area contributed by atoms with Crippen LogP contribution in [0.3, 0.4) is 0 Å². The second-order valence-electron chi connectivity index (χ2n) is 8.45. The van der Waals surface area contributed by atoms with E-state index in [1.165, 1.54) is 0 Å². The van der Waals surface area contributed by atoms with E-state index in [1.807, 2.05) is 135 Å². The van der Waals surface area contributed by atoms with E-state index >= 15 is 0 Å². The smallest absolute Gasteiger partial charge is 0.0858 e. The Morgan fingerprint density at radius 1 is 0.306 bits per heavy atom. The number of nitrogens with zero attached hydrogens (tertiary/aromatic N) is 8. The van der Waals surface area contributed by atoms with Crippen molar-refractivity contribution in [3.63, 3.8) is 0 Å². The molecule has 36 heavy (non-hydrogen) atoms. The molecule has 0 atom stereocenters. The summed E-state index contributed by atoms with van der Waals surface area (Å²) in [5.41, 5.74) is 6.79. The first-order chi connectivity index (χ1) is 17.5. The Kier molecular flexibility index (Phi) is 7.87. The summed E-state index contributed by atoms with van der Waals surface area (Å²) in [6.07, 6.45) is 0. The highest BCUT2D eigenvalue weighted by Crippen LogP contribution is 2.26. The molecule has 0 amide bonds. The third-order valence-corrected chi connectivity index (χ3v) is 5.27. The molecule has 0 fully saturated rings. The van der Waals surface area contributed by atoms with Crippen molar-refractivity contribution in [1.29, 1.82) is 0 Å². The number of benzene rings is 4. The van der Waals surface area contributed by atoms with Crippen LogP contribution in [0.1, 0.15) is 0 Å². The molecule has 0 aliphatic rings. The number of hydrogen-bond acceptors (Lipinski definition) is 8. The Balaban J connectivity index is 1.32. The van der Waals surface area contributed by atoms with Gasteiger partial charge in [-0.3, -0.25) is 0 Å².